The summed E-state index contributed by atoms with van der Waals surface area (Å²) in [7, 11) is 1.33. The summed E-state index contributed by atoms with van der Waals surface area (Å²) >= 11 is 0. The zero-order chi connectivity index (χ0) is 21.1. The molecule has 8 atom stereocenters. The van der Waals surface area contributed by atoms with Crippen LogP contribution in [0.3, 0.4) is 0 Å². The Hall–Kier alpha value is -1.44. The lowest BCUT2D eigenvalue weighted by Gasteiger charge is -2.56. The van der Waals surface area contributed by atoms with Gasteiger partial charge in [0, 0.05) is 17.1 Å². The fourth-order valence-corrected chi connectivity index (χ4v) is 6.12. The lowest BCUT2D eigenvalue weighted by atomic mass is 9.49. The standard InChI is InChI=1S/C21H32O7/c1-11-6-7-20(3)15(9-13(18(25)27-5)21(20,4)26)19(11,2)10-14(22)12-8-16(23)28-17(12)24/h8,11,13-15,17,22,24,26H,6-7,9-10H2,1-5H3/t11-,13-,14+,15-,17?,19+,20-,21+/m1/s1. The van der Waals surface area contributed by atoms with Crippen molar-refractivity contribution in [2.45, 2.75) is 71.4 Å². The van der Waals surface area contributed by atoms with Crippen LogP contribution >= 0.6 is 0 Å². The van der Waals surface area contributed by atoms with Crippen molar-refractivity contribution in [2.24, 2.45) is 28.6 Å². The van der Waals surface area contributed by atoms with Gasteiger partial charge >= 0.3 is 11.9 Å². The average Bonchev–Trinajstić information content (AvgIpc) is 3.06. The molecule has 0 amide bonds. The summed E-state index contributed by atoms with van der Waals surface area (Å²) in [4.78, 5) is 23.8. The summed E-state index contributed by atoms with van der Waals surface area (Å²) in [5.41, 5.74) is -1.98. The molecule has 0 radical (unpaired) electrons. The molecule has 3 aliphatic rings. The van der Waals surface area contributed by atoms with Crippen LogP contribution < -0.4 is 0 Å². The minimum Gasteiger partial charge on any atom is -0.469 e. The van der Waals surface area contributed by atoms with Crippen molar-refractivity contribution in [3.63, 3.8) is 0 Å². The number of aliphatic hydroxyl groups is 3. The number of hydrogen-bond acceptors (Lipinski definition) is 7. The highest BCUT2D eigenvalue weighted by atomic mass is 16.6. The van der Waals surface area contributed by atoms with Crippen molar-refractivity contribution in [3.8, 4) is 0 Å². The van der Waals surface area contributed by atoms with E-state index in [1.165, 1.54) is 7.11 Å². The van der Waals surface area contributed by atoms with Crippen molar-refractivity contribution < 1.29 is 34.4 Å². The van der Waals surface area contributed by atoms with Crippen LogP contribution in [0.2, 0.25) is 0 Å². The first kappa shape index (κ1) is 21.3. The van der Waals surface area contributed by atoms with Gasteiger partial charge in [0.15, 0.2) is 0 Å². The maximum atomic E-state index is 12.4. The highest BCUT2D eigenvalue weighted by Crippen LogP contribution is 2.67. The lowest BCUT2D eigenvalue weighted by Crippen LogP contribution is -2.55. The van der Waals surface area contributed by atoms with E-state index in [4.69, 9.17) is 9.47 Å². The molecule has 0 aromatic rings. The van der Waals surface area contributed by atoms with Gasteiger partial charge in [-0.15, -0.1) is 0 Å². The molecule has 7 nitrogen and oxygen atoms in total. The molecule has 1 heterocycles. The second kappa shape index (κ2) is 6.82. The predicted octanol–water partition coefficient (Wildman–Crippen LogP) is 1.54. The van der Waals surface area contributed by atoms with E-state index < -0.39 is 46.7 Å². The molecule has 2 saturated carbocycles. The Morgan fingerprint density at radius 1 is 1.39 bits per heavy atom. The Balaban J connectivity index is 1.95. The van der Waals surface area contributed by atoms with Crippen LogP contribution in [0.25, 0.3) is 0 Å². The first-order valence-electron chi connectivity index (χ1n) is 9.97. The highest BCUT2D eigenvalue weighted by Gasteiger charge is 2.68. The van der Waals surface area contributed by atoms with E-state index in [0.29, 0.717) is 12.8 Å². The number of hydrogen-bond donors (Lipinski definition) is 3. The minimum absolute atomic E-state index is 0.0340. The number of ether oxygens (including phenoxy) is 2. The molecule has 2 fully saturated rings. The fraction of sp³-hybridized carbons (Fsp3) is 0.810. The van der Waals surface area contributed by atoms with Crippen LogP contribution in [0.15, 0.2) is 11.6 Å². The second-order valence-corrected chi connectivity index (χ2v) is 9.53. The summed E-state index contributed by atoms with van der Waals surface area (Å²) in [5, 5.41) is 32.1. The van der Waals surface area contributed by atoms with Crippen LogP contribution in [0, 0.1) is 28.6 Å². The smallest absolute Gasteiger partial charge is 0.333 e. The van der Waals surface area contributed by atoms with Gasteiger partial charge in [0.1, 0.15) is 0 Å². The van der Waals surface area contributed by atoms with E-state index in [-0.39, 0.29) is 17.4 Å². The van der Waals surface area contributed by atoms with E-state index >= 15 is 0 Å². The Labute approximate surface area is 165 Å². The number of esters is 2. The fourth-order valence-electron chi connectivity index (χ4n) is 6.12. The van der Waals surface area contributed by atoms with Crippen molar-refractivity contribution in [2.75, 3.05) is 7.11 Å². The largest absolute Gasteiger partial charge is 0.469 e. The maximum absolute atomic E-state index is 12.4. The predicted molar refractivity (Wildman–Crippen MR) is 99.7 cm³/mol. The average molecular weight is 396 g/mol. The first-order valence-corrected chi connectivity index (χ1v) is 9.97. The molecule has 0 aromatic carbocycles. The van der Waals surface area contributed by atoms with E-state index in [9.17, 15) is 24.9 Å². The molecule has 1 unspecified atom stereocenters. The van der Waals surface area contributed by atoms with Crippen LogP contribution in [0.5, 0.6) is 0 Å². The monoisotopic (exact) mass is 396 g/mol. The van der Waals surface area contributed by atoms with Gasteiger partial charge in [-0.2, -0.15) is 0 Å². The molecule has 0 spiro atoms. The van der Waals surface area contributed by atoms with Crippen LogP contribution in [-0.2, 0) is 19.1 Å². The number of rotatable bonds is 4. The third kappa shape index (κ3) is 2.90. The molecule has 0 saturated heterocycles. The molecular weight excluding hydrogens is 364 g/mol. The second-order valence-electron chi connectivity index (χ2n) is 9.53. The van der Waals surface area contributed by atoms with Gasteiger partial charge in [0.05, 0.1) is 24.7 Å². The number of carbonyl (C=O) groups is 2. The highest BCUT2D eigenvalue weighted by molar-refractivity contribution is 5.85. The quantitative estimate of drug-likeness (QED) is 0.618. The molecule has 0 bridgehead atoms. The van der Waals surface area contributed by atoms with Crippen molar-refractivity contribution in [1.82, 2.24) is 0 Å². The minimum atomic E-state index is -1.43. The van der Waals surface area contributed by atoms with Gasteiger partial charge in [0.25, 0.3) is 0 Å². The third-order valence-electron chi connectivity index (χ3n) is 8.39. The number of cyclic esters (lactones) is 1. The van der Waals surface area contributed by atoms with Gasteiger partial charge in [-0.05, 0) is 49.9 Å². The summed E-state index contributed by atoms with van der Waals surface area (Å²) in [6.45, 7) is 7.93. The summed E-state index contributed by atoms with van der Waals surface area (Å²) in [6.07, 6.45) is 1.07. The molecule has 2 aliphatic carbocycles. The van der Waals surface area contributed by atoms with Gasteiger partial charge in [-0.3, -0.25) is 4.79 Å². The summed E-state index contributed by atoms with van der Waals surface area (Å²) in [5.74, 6) is -1.51. The normalized spacial score (nSPS) is 46.6. The number of carbonyl (C=O) groups excluding carboxylic acids is 2. The zero-order valence-electron chi connectivity index (χ0n) is 17.3. The van der Waals surface area contributed by atoms with Gasteiger partial charge in [-0.25, -0.2) is 4.79 Å². The van der Waals surface area contributed by atoms with E-state index in [1.54, 1.807) is 6.92 Å². The Kier molecular flexibility index (Phi) is 5.18. The first-order chi connectivity index (χ1) is 12.9. The summed E-state index contributed by atoms with van der Waals surface area (Å²) < 4.78 is 9.67. The van der Waals surface area contributed by atoms with E-state index in [0.717, 1.165) is 18.9 Å². The topological polar surface area (TPSA) is 113 Å². The van der Waals surface area contributed by atoms with Crippen molar-refractivity contribution in [3.05, 3.63) is 11.6 Å². The van der Waals surface area contributed by atoms with Crippen LogP contribution in [0.4, 0.5) is 0 Å². The molecule has 3 N–H and O–H groups in total. The van der Waals surface area contributed by atoms with E-state index in [1.807, 2.05) is 6.92 Å². The van der Waals surface area contributed by atoms with Crippen LogP contribution in [0.1, 0.15) is 53.4 Å². The van der Waals surface area contributed by atoms with Crippen molar-refractivity contribution in [1.29, 1.82) is 0 Å². The van der Waals surface area contributed by atoms with Gasteiger partial charge in [-0.1, -0.05) is 20.8 Å². The van der Waals surface area contributed by atoms with Crippen LogP contribution in [-0.4, -0.2) is 52.4 Å². The summed E-state index contributed by atoms with van der Waals surface area (Å²) in [6, 6.07) is 0. The maximum Gasteiger partial charge on any atom is 0.333 e. The molecule has 1 aliphatic heterocycles. The Morgan fingerprint density at radius 3 is 2.57 bits per heavy atom. The SMILES string of the molecule is COC(=O)[C@H]1C[C@@H]2[C@@](C)(C[C@H](O)C3=CC(=O)OC3O)[C@H](C)CC[C@@]2(C)[C@@]1(C)O. The Bertz CT molecular complexity index is 699. The molecule has 158 valence electrons. The molecule has 28 heavy (non-hydrogen) atoms. The molecule has 3 rings (SSSR count). The molecular formula is C21H32O7. The number of fused-ring (bicyclic) bond motifs is 1. The molecule has 0 aromatic heterocycles. The third-order valence-corrected chi connectivity index (χ3v) is 8.39. The van der Waals surface area contributed by atoms with Gasteiger partial charge in [0.2, 0.25) is 6.29 Å². The van der Waals surface area contributed by atoms with E-state index in [2.05, 4.69) is 13.8 Å². The van der Waals surface area contributed by atoms with Gasteiger partial charge < -0.3 is 24.8 Å². The number of aliphatic hydroxyl groups excluding tert-OH is 2. The molecule has 7 heteroatoms. The van der Waals surface area contributed by atoms with Crippen molar-refractivity contribution >= 4 is 11.9 Å². The number of methoxy groups -OCH3 is 1. The lowest BCUT2D eigenvalue weighted by molar-refractivity contribution is -0.166. The Morgan fingerprint density at radius 2 is 2.04 bits per heavy atom. The zero-order valence-corrected chi connectivity index (χ0v) is 17.3.